The Kier molecular flexibility index (Phi) is 9.06. The Morgan fingerprint density at radius 3 is 2.71 bits per heavy atom. The number of amides is 2. The first kappa shape index (κ1) is 25.3. The van der Waals surface area contributed by atoms with Crippen molar-refractivity contribution in [3.8, 4) is 11.4 Å². The van der Waals surface area contributed by atoms with Crippen molar-refractivity contribution in [3.05, 3.63) is 59.9 Å². The van der Waals surface area contributed by atoms with Gasteiger partial charge in [-0.25, -0.2) is 9.18 Å². The van der Waals surface area contributed by atoms with E-state index in [1.54, 1.807) is 42.9 Å². The third-order valence-electron chi connectivity index (χ3n) is 5.72. The van der Waals surface area contributed by atoms with E-state index in [0.717, 1.165) is 37.1 Å². The zero-order valence-electron chi connectivity index (χ0n) is 19.8. The highest BCUT2D eigenvalue weighted by atomic mass is 19.1. The van der Waals surface area contributed by atoms with Crippen LogP contribution >= 0.6 is 0 Å². The zero-order chi connectivity index (χ0) is 24.5. The molecule has 0 aliphatic carbocycles. The maximum atomic E-state index is 13.0. The fourth-order valence-corrected chi connectivity index (χ4v) is 3.67. The molecule has 1 aromatic heterocycles. The van der Waals surface area contributed by atoms with Gasteiger partial charge in [-0.15, -0.1) is 0 Å². The number of nitrogens with zero attached hydrogens (tertiary/aromatic N) is 4. The number of urea groups is 1. The van der Waals surface area contributed by atoms with Gasteiger partial charge in [0.25, 0.3) is 0 Å². The first-order valence-electron chi connectivity index (χ1n) is 11.5. The van der Waals surface area contributed by atoms with Crippen molar-refractivity contribution < 1.29 is 19.0 Å². The molecule has 2 aromatic carbocycles. The van der Waals surface area contributed by atoms with Crippen molar-refractivity contribution in [1.82, 2.24) is 25.7 Å². The maximum absolute atomic E-state index is 13.0. The van der Waals surface area contributed by atoms with Crippen LogP contribution in [-0.4, -0.2) is 63.3 Å². The Labute approximate surface area is 199 Å². The van der Waals surface area contributed by atoms with E-state index >= 15 is 0 Å². The third-order valence-corrected chi connectivity index (χ3v) is 5.72. The smallest absolute Gasteiger partial charge is 0.331 e. The van der Waals surface area contributed by atoms with Gasteiger partial charge in [0.15, 0.2) is 5.21 Å². The molecule has 2 atom stereocenters. The quantitative estimate of drug-likeness (QED) is 0.322. The molecule has 0 spiro atoms. The van der Waals surface area contributed by atoms with Gasteiger partial charge in [0.05, 0.1) is 24.8 Å². The van der Waals surface area contributed by atoms with Crippen LogP contribution < -0.4 is 15.3 Å². The molecule has 0 fully saturated rings. The number of hydrogen-bond donors (Lipinski definition) is 4. The molecule has 1 heterocycles. The van der Waals surface area contributed by atoms with Gasteiger partial charge in [-0.2, -0.15) is 4.68 Å². The van der Waals surface area contributed by atoms with Crippen LogP contribution in [0.3, 0.4) is 0 Å². The van der Waals surface area contributed by atoms with Crippen molar-refractivity contribution in [3.63, 3.8) is 0 Å². The van der Waals surface area contributed by atoms with Crippen molar-refractivity contribution in [2.75, 3.05) is 25.0 Å². The minimum atomic E-state index is -0.725. The summed E-state index contributed by atoms with van der Waals surface area (Å²) in [4.78, 5) is 14.6. The van der Waals surface area contributed by atoms with E-state index in [0.29, 0.717) is 18.1 Å². The number of carbonyl (C=O) groups excluding carboxylic acids is 1. The zero-order valence-corrected chi connectivity index (χ0v) is 19.8. The lowest BCUT2D eigenvalue weighted by molar-refractivity contribution is -0.721. The number of benzene rings is 2. The number of carbonyl (C=O) groups is 1. The molecule has 3 aromatic rings. The summed E-state index contributed by atoms with van der Waals surface area (Å²) >= 11 is 0. The number of likely N-dealkylation sites (N-methyl/N-ethyl adjacent to an activating group) is 1. The lowest BCUT2D eigenvalue weighted by Gasteiger charge is -2.27. The topological polar surface area (TPSA) is 110 Å². The number of aromatic nitrogens is 4. The molecule has 4 N–H and O–H groups in total. The van der Waals surface area contributed by atoms with Crippen LogP contribution in [0.5, 0.6) is 0 Å². The predicted molar refractivity (Wildman–Crippen MR) is 127 cm³/mol. The summed E-state index contributed by atoms with van der Waals surface area (Å²) in [5.74, 6) is 0.413. The number of nitrogens with one attached hydrogen (secondary N) is 3. The maximum Gasteiger partial charge on any atom is 0.331 e. The van der Waals surface area contributed by atoms with E-state index in [1.165, 1.54) is 12.1 Å². The van der Waals surface area contributed by atoms with Gasteiger partial charge >= 0.3 is 11.9 Å². The van der Waals surface area contributed by atoms with Gasteiger partial charge in [0.1, 0.15) is 10.9 Å². The highest BCUT2D eigenvalue weighted by Gasteiger charge is 2.20. The first-order chi connectivity index (χ1) is 16.4. The van der Waals surface area contributed by atoms with Crippen molar-refractivity contribution in [2.24, 2.45) is 7.05 Å². The van der Waals surface area contributed by atoms with Crippen LogP contribution in [0.15, 0.2) is 48.5 Å². The summed E-state index contributed by atoms with van der Waals surface area (Å²) in [5, 5.41) is 26.8. The predicted octanol–water partition coefficient (Wildman–Crippen LogP) is 2.26. The number of aryl methyl sites for hydroxylation is 2. The fraction of sp³-hybridized carbons (Fsp3) is 0.417. The largest absolute Gasteiger partial charge is 0.390 e. The van der Waals surface area contributed by atoms with E-state index in [4.69, 9.17) is 0 Å². The third kappa shape index (κ3) is 7.32. The molecule has 10 heteroatoms. The summed E-state index contributed by atoms with van der Waals surface area (Å²) in [5.41, 5.74) is 2.50. The lowest BCUT2D eigenvalue weighted by atomic mass is 10.1. The van der Waals surface area contributed by atoms with E-state index in [9.17, 15) is 14.3 Å². The minimum Gasteiger partial charge on any atom is -0.390 e. The van der Waals surface area contributed by atoms with Gasteiger partial charge in [-0.05, 0) is 68.8 Å². The van der Waals surface area contributed by atoms with Crippen LogP contribution in [0.1, 0.15) is 25.8 Å². The average Bonchev–Trinajstić information content (AvgIpc) is 3.25. The molecule has 3 rings (SSSR count). The lowest BCUT2D eigenvalue weighted by Crippen LogP contribution is -2.48. The number of halogens is 1. The number of tetrazole rings is 1. The van der Waals surface area contributed by atoms with Crippen molar-refractivity contribution >= 4 is 11.7 Å². The molecular weight excluding hydrogens is 437 g/mol. The summed E-state index contributed by atoms with van der Waals surface area (Å²) in [6.45, 7) is 5.85. The normalized spacial score (nSPS) is 13.0. The highest BCUT2D eigenvalue weighted by molar-refractivity contribution is 5.90. The molecule has 0 unspecified atom stereocenters. The Bertz CT molecular complexity index is 1060. The van der Waals surface area contributed by atoms with Crippen LogP contribution in [0.25, 0.3) is 11.4 Å². The van der Waals surface area contributed by atoms with Gasteiger partial charge in [-0.3, -0.25) is 0 Å². The number of aliphatic hydroxyl groups excluding tert-OH is 1. The van der Waals surface area contributed by atoms with E-state index < -0.39 is 18.2 Å². The molecule has 182 valence electrons. The monoisotopic (exact) mass is 470 g/mol. The molecule has 0 radical (unpaired) electrons. The molecule has 9 nitrogen and oxygen atoms in total. The number of H-pyrrole nitrogens is 1. The SMILES string of the molecule is CCN(CCCc1ccc(F)cc1)C[C@H](O)[C@@H](C)NC(=O)Nc1cccc(-c2nn[nH][n+]2C)c1. The van der Waals surface area contributed by atoms with Crippen molar-refractivity contribution in [1.29, 1.82) is 0 Å². The van der Waals surface area contributed by atoms with E-state index in [1.807, 2.05) is 19.1 Å². The number of aromatic amines is 1. The van der Waals surface area contributed by atoms with Gasteiger partial charge in [0.2, 0.25) is 0 Å². The van der Waals surface area contributed by atoms with E-state index in [-0.39, 0.29) is 5.82 Å². The summed E-state index contributed by atoms with van der Waals surface area (Å²) in [7, 11) is 1.80. The van der Waals surface area contributed by atoms with Crippen molar-refractivity contribution in [2.45, 2.75) is 38.8 Å². The molecule has 0 aliphatic heterocycles. The molecule has 2 amide bonds. The standard InChI is InChI=1S/C24H32FN7O2/c1-4-32(14-6-7-18-10-12-20(25)13-11-18)16-22(33)17(2)26-24(34)27-21-9-5-8-19(15-21)23-28-29-30-31(23)3/h5,8-13,15,17,22,33H,4,6-7,14,16H2,1-3H3,(H2,26,27,34)/p+1/t17-,22+/m1/s1. The Hall–Kier alpha value is -3.37. The summed E-state index contributed by atoms with van der Waals surface area (Å²) < 4.78 is 14.7. The average molecular weight is 471 g/mol. The Morgan fingerprint density at radius 1 is 1.26 bits per heavy atom. The second-order valence-electron chi connectivity index (χ2n) is 8.34. The number of aliphatic hydroxyl groups is 1. The van der Waals surface area contributed by atoms with Crippen LogP contribution in [0.4, 0.5) is 14.9 Å². The number of anilines is 1. The number of hydrogen-bond acceptors (Lipinski definition) is 5. The Morgan fingerprint density at radius 2 is 2.03 bits per heavy atom. The summed E-state index contributed by atoms with van der Waals surface area (Å²) in [6, 6.07) is 13.0. The minimum absolute atomic E-state index is 0.232. The molecule has 0 aliphatic rings. The highest BCUT2D eigenvalue weighted by Crippen LogP contribution is 2.17. The molecule has 0 saturated heterocycles. The second-order valence-corrected chi connectivity index (χ2v) is 8.34. The van der Waals surface area contributed by atoms with Crippen LogP contribution in [-0.2, 0) is 13.5 Å². The molecule has 0 saturated carbocycles. The fourth-order valence-electron chi connectivity index (χ4n) is 3.67. The molecule has 0 bridgehead atoms. The van der Waals surface area contributed by atoms with Gasteiger partial charge in [0, 0.05) is 12.2 Å². The van der Waals surface area contributed by atoms with Crippen LogP contribution in [0, 0.1) is 5.82 Å². The molecular formula is C24H33FN7O2+. The first-order valence-corrected chi connectivity index (χ1v) is 11.5. The van der Waals surface area contributed by atoms with Crippen LogP contribution in [0.2, 0.25) is 0 Å². The molecule has 34 heavy (non-hydrogen) atoms. The van der Waals surface area contributed by atoms with Gasteiger partial charge < -0.3 is 20.6 Å². The van der Waals surface area contributed by atoms with Gasteiger partial charge in [-0.1, -0.05) is 30.3 Å². The second kappa shape index (κ2) is 12.2. The van der Waals surface area contributed by atoms with E-state index in [2.05, 4.69) is 31.1 Å². The summed E-state index contributed by atoms with van der Waals surface area (Å²) in [6.07, 6.45) is 1.01. The Balaban J connectivity index is 1.45. The number of rotatable bonds is 11.